The molecule has 0 amide bonds. The fourth-order valence-electron chi connectivity index (χ4n) is 1.67. The predicted octanol–water partition coefficient (Wildman–Crippen LogP) is 1.80. The van der Waals surface area contributed by atoms with E-state index in [-0.39, 0.29) is 0 Å². The lowest BCUT2D eigenvalue weighted by Gasteiger charge is -2.22. The molecule has 0 bridgehead atoms. The summed E-state index contributed by atoms with van der Waals surface area (Å²) in [5.74, 6) is 0. The number of pyridine rings is 1. The Bertz CT molecular complexity index is 303. The molecule has 0 atom stereocenters. The normalized spacial score (nSPS) is 18.4. The van der Waals surface area contributed by atoms with Crippen LogP contribution in [0.2, 0.25) is 0 Å². The van der Waals surface area contributed by atoms with Crippen molar-refractivity contribution in [1.29, 1.82) is 0 Å². The Morgan fingerprint density at radius 1 is 1.31 bits per heavy atom. The molecule has 0 N–H and O–H groups in total. The van der Waals surface area contributed by atoms with E-state index in [1.807, 2.05) is 12.4 Å². The third-order valence-corrected chi connectivity index (χ3v) is 2.39. The van der Waals surface area contributed by atoms with Gasteiger partial charge in [-0.3, -0.25) is 4.98 Å². The molecule has 2 heterocycles. The van der Waals surface area contributed by atoms with Gasteiger partial charge >= 0.3 is 0 Å². The molecule has 0 fully saturated rings. The predicted molar refractivity (Wildman–Crippen MR) is 54.3 cm³/mol. The van der Waals surface area contributed by atoms with Gasteiger partial charge in [-0.2, -0.15) is 0 Å². The van der Waals surface area contributed by atoms with Gasteiger partial charge in [0, 0.05) is 25.5 Å². The Hall–Kier alpha value is -1.15. The first-order chi connectivity index (χ1) is 6.36. The maximum atomic E-state index is 4.02. The number of hydrogen-bond acceptors (Lipinski definition) is 2. The van der Waals surface area contributed by atoms with Gasteiger partial charge in [-0.1, -0.05) is 6.08 Å². The highest BCUT2D eigenvalue weighted by atomic mass is 15.1. The second kappa shape index (κ2) is 3.71. The van der Waals surface area contributed by atoms with Gasteiger partial charge in [0.15, 0.2) is 0 Å². The van der Waals surface area contributed by atoms with Gasteiger partial charge in [-0.05, 0) is 36.7 Å². The van der Waals surface area contributed by atoms with Gasteiger partial charge in [-0.15, -0.1) is 0 Å². The minimum Gasteiger partial charge on any atom is -0.302 e. The Kier molecular flexibility index (Phi) is 2.41. The first kappa shape index (κ1) is 8.45. The van der Waals surface area contributed by atoms with Crippen LogP contribution in [0.1, 0.15) is 12.0 Å². The van der Waals surface area contributed by atoms with Crippen molar-refractivity contribution in [2.45, 2.75) is 6.42 Å². The minimum absolute atomic E-state index is 1.06. The number of likely N-dealkylation sites (N-methyl/N-ethyl adjacent to an activating group) is 1. The van der Waals surface area contributed by atoms with E-state index in [0.29, 0.717) is 0 Å². The van der Waals surface area contributed by atoms with Gasteiger partial charge in [0.05, 0.1) is 0 Å². The third-order valence-electron chi connectivity index (χ3n) is 2.39. The van der Waals surface area contributed by atoms with Crippen molar-refractivity contribution in [3.63, 3.8) is 0 Å². The van der Waals surface area contributed by atoms with Crippen molar-refractivity contribution in [2.75, 3.05) is 20.1 Å². The van der Waals surface area contributed by atoms with E-state index in [4.69, 9.17) is 0 Å². The molecule has 0 radical (unpaired) electrons. The molecule has 13 heavy (non-hydrogen) atoms. The molecular weight excluding hydrogens is 160 g/mol. The molecular formula is C11H14N2. The number of rotatable bonds is 1. The molecule has 0 unspecified atom stereocenters. The fourth-order valence-corrected chi connectivity index (χ4v) is 1.67. The molecule has 1 aliphatic rings. The largest absolute Gasteiger partial charge is 0.302 e. The summed E-state index contributed by atoms with van der Waals surface area (Å²) in [5.41, 5.74) is 2.73. The molecule has 2 nitrogen and oxygen atoms in total. The van der Waals surface area contributed by atoms with Crippen LogP contribution in [0.4, 0.5) is 0 Å². The number of aromatic nitrogens is 1. The zero-order valence-electron chi connectivity index (χ0n) is 7.90. The second-order valence-electron chi connectivity index (χ2n) is 3.49. The van der Waals surface area contributed by atoms with Crippen LogP contribution < -0.4 is 0 Å². The average Bonchev–Trinajstić information content (AvgIpc) is 2.19. The summed E-state index contributed by atoms with van der Waals surface area (Å²) in [7, 11) is 2.16. The summed E-state index contributed by atoms with van der Waals surface area (Å²) < 4.78 is 0. The smallest absolute Gasteiger partial charge is 0.0273 e. The van der Waals surface area contributed by atoms with E-state index in [1.165, 1.54) is 17.7 Å². The molecule has 1 aromatic rings. The molecule has 2 rings (SSSR count). The summed E-state index contributed by atoms with van der Waals surface area (Å²) >= 11 is 0. The Morgan fingerprint density at radius 2 is 2.08 bits per heavy atom. The van der Waals surface area contributed by atoms with Crippen LogP contribution in [0.5, 0.6) is 0 Å². The van der Waals surface area contributed by atoms with Crippen LogP contribution in [0.3, 0.4) is 0 Å². The SMILES string of the molecule is CN1CCC=C(c2ccncc2)C1. The summed E-state index contributed by atoms with van der Waals surface area (Å²) in [6.45, 7) is 2.23. The van der Waals surface area contributed by atoms with Crippen LogP contribution in [0.15, 0.2) is 30.6 Å². The summed E-state index contributed by atoms with van der Waals surface area (Å²) in [6, 6.07) is 4.15. The van der Waals surface area contributed by atoms with Crippen LogP contribution in [0, 0.1) is 0 Å². The molecule has 68 valence electrons. The van der Waals surface area contributed by atoms with Crippen LogP contribution in [-0.4, -0.2) is 30.0 Å². The first-order valence-corrected chi connectivity index (χ1v) is 4.64. The van der Waals surface area contributed by atoms with E-state index >= 15 is 0 Å². The molecule has 0 saturated carbocycles. The monoisotopic (exact) mass is 174 g/mol. The van der Waals surface area contributed by atoms with Crippen LogP contribution >= 0.6 is 0 Å². The third kappa shape index (κ3) is 1.95. The Labute approximate surface area is 78.9 Å². The van der Waals surface area contributed by atoms with Gasteiger partial charge in [0.1, 0.15) is 0 Å². The van der Waals surface area contributed by atoms with E-state index < -0.39 is 0 Å². The maximum Gasteiger partial charge on any atom is 0.0273 e. The highest BCUT2D eigenvalue weighted by Crippen LogP contribution is 2.18. The van der Waals surface area contributed by atoms with Crippen molar-refractivity contribution < 1.29 is 0 Å². The van der Waals surface area contributed by atoms with Gasteiger partial charge in [-0.25, -0.2) is 0 Å². The number of hydrogen-bond donors (Lipinski definition) is 0. The van der Waals surface area contributed by atoms with Gasteiger partial charge in [0.25, 0.3) is 0 Å². The lowest BCUT2D eigenvalue weighted by Crippen LogP contribution is -2.24. The van der Waals surface area contributed by atoms with Crippen molar-refractivity contribution in [3.05, 3.63) is 36.2 Å². The van der Waals surface area contributed by atoms with Gasteiger partial charge < -0.3 is 4.90 Å². The maximum absolute atomic E-state index is 4.02. The van der Waals surface area contributed by atoms with Crippen molar-refractivity contribution in [2.24, 2.45) is 0 Å². The lowest BCUT2D eigenvalue weighted by molar-refractivity contribution is 0.373. The van der Waals surface area contributed by atoms with Crippen LogP contribution in [0.25, 0.3) is 5.57 Å². The topological polar surface area (TPSA) is 16.1 Å². The quantitative estimate of drug-likeness (QED) is 0.645. The lowest BCUT2D eigenvalue weighted by atomic mass is 10.0. The highest BCUT2D eigenvalue weighted by molar-refractivity contribution is 5.67. The van der Waals surface area contributed by atoms with E-state index in [1.54, 1.807) is 0 Å². The minimum atomic E-state index is 1.06. The van der Waals surface area contributed by atoms with E-state index in [9.17, 15) is 0 Å². The fraction of sp³-hybridized carbons (Fsp3) is 0.364. The summed E-state index contributed by atoms with van der Waals surface area (Å²) in [6.07, 6.45) is 7.19. The second-order valence-corrected chi connectivity index (χ2v) is 3.49. The summed E-state index contributed by atoms with van der Waals surface area (Å²) in [5, 5.41) is 0. The Morgan fingerprint density at radius 3 is 2.77 bits per heavy atom. The molecule has 2 heteroatoms. The molecule has 0 spiro atoms. The molecule has 1 aromatic heterocycles. The standard InChI is InChI=1S/C11H14N2/c1-13-8-2-3-11(9-13)10-4-6-12-7-5-10/h3-7H,2,8-9H2,1H3. The molecule has 0 aromatic carbocycles. The first-order valence-electron chi connectivity index (χ1n) is 4.64. The zero-order valence-corrected chi connectivity index (χ0v) is 7.90. The molecule has 0 saturated heterocycles. The van der Waals surface area contributed by atoms with Crippen molar-refractivity contribution in [3.8, 4) is 0 Å². The van der Waals surface area contributed by atoms with E-state index in [0.717, 1.165) is 13.0 Å². The summed E-state index contributed by atoms with van der Waals surface area (Å²) in [4.78, 5) is 6.36. The number of nitrogens with zero attached hydrogens (tertiary/aromatic N) is 2. The Balaban J connectivity index is 2.22. The zero-order chi connectivity index (χ0) is 9.10. The van der Waals surface area contributed by atoms with E-state index in [2.05, 4.69) is 35.1 Å². The average molecular weight is 174 g/mol. The van der Waals surface area contributed by atoms with Gasteiger partial charge in [0.2, 0.25) is 0 Å². The van der Waals surface area contributed by atoms with Crippen LogP contribution in [-0.2, 0) is 0 Å². The van der Waals surface area contributed by atoms with Crippen molar-refractivity contribution >= 4 is 5.57 Å². The van der Waals surface area contributed by atoms with Crippen molar-refractivity contribution in [1.82, 2.24) is 9.88 Å². The highest BCUT2D eigenvalue weighted by Gasteiger charge is 2.09. The molecule has 1 aliphatic heterocycles. The molecule has 0 aliphatic carbocycles.